The highest BCUT2D eigenvalue weighted by Crippen LogP contribution is 2.32. The Bertz CT molecular complexity index is 917. The van der Waals surface area contributed by atoms with Crippen LogP contribution in [0.3, 0.4) is 0 Å². The normalized spacial score (nSPS) is 16.1. The molecule has 3 aromatic rings. The molecular weight excluding hydrogens is 319 g/mol. The van der Waals surface area contributed by atoms with Gasteiger partial charge in [0.2, 0.25) is 5.91 Å². The Morgan fingerprint density at radius 1 is 1.24 bits per heavy atom. The fraction of sp³-hybridized carbons (Fsp3) is 0.200. The molecule has 5 heteroatoms. The first-order valence-corrected chi connectivity index (χ1v) is 8.23. The van der Waals surface area contributed by atoms with Crippen molar-refractivity contribution in [3.8, 4) is 11.3 Å². The number of para-hydroxylation sites is 1. The van der Waals surface area contributed by atoms with Crippen molar-refractivity contribution in [1.82, 2.24) is 5.16 Å². The molecule has 0 saturated carbocycles. The van der Waals surface area contributed by atoms with Crippen LogP contribution in [0.4, 0.5) is 10.1 Å². The maximum Gasteiger partial charge on any atom is 0.233 e. The average molecular weight is 336 g/mol. The van der Waals surface area contributed by atoms with Crippen LogP contribution in [0.15, 0.2) is 59.1 Å². The van der Waals surface area contributed by atoms with Crippen molar-refractivity contribution in [3.63, 3.8) is 0 Å². The van der Waals surface area contributed by atoms with Crippen molar-refractivity contribution < 1.29 is 13.7 Å². The van der Waals surface area contributed by atoms with Crippen molar-refractivity contribution in [3.05, 3.63) is 71.7 Å². The summed E-state index contributed by atoms with van der Waals surface area (Å²) in [6.45, 7) is 2.05. The predicted molar refractivity (Wildman–Crippen MR) is 92.7 cm³/mol. The van der Waals surface area contributed by atoms with E-state index in [9.17, 15) is 9.18 Å². The Hall–Kier alpha value is -2.95. The first-order chi connectivity index (χ1) is 12.1. The van der Waals surface area contributed by atoms with Crippen LogP contribution in [0.1, 0.15) is 18.2 Å². The number of benzene rings is 2. The second kappa shape index (κ2) is 6.16. The van der Waals surface area contributed by atoms with E-state index in [1.165, 1.54) is 17.7 Å². The maximum atomic E-state index is 13.0. The van der Waals surface area contributed by atoms with E-state index in [2.05, 4.69) is 11.2 Å². The number of aromatic nitrogens is 1. The number of carbonyl (C=O) groups is 1. The van der Waals surface area contributed by atoms with Crippen molar-refractivity contribution in [2.24, 2.45) is 0 Å². The second-order valence-corrected chi connectivity index (χ2v) is 6.31. The molecule has 25 heavy (non-hydrogen) atoms. The van der Waals surface area contributed by atoms with Gasteiger partial charge in [-0.15, -0.1) is 0 Å². The Labute approximate surface area is 144 Å². The van der Waals surface area contributed by atoms with E-state index in [0.717, 1.165) is 17.7 Å². The minimum Gasteiger partial charge on any atom is -0.356 e. The van der Waals surface area contributed by atoms with Crippen LogP contribution in [0, 0.1) is 5.82 Å². The second-order valence-electron chi connectivity index (χ2n) is 6.31. The van der Waals surface area contributed by atoms with E-state index in [-0.39, 0.29) is 24.2 Å². The van der Waals surface area contributed by atoms with Gasteiger partial charge in [-0.3, -0.25) is 4.79 Å². The number of halogens is 1. The van der Waals surface area contributed by atoms with Gasteiger partial charge in [0.1, 0.15) is 5.82 Å². The molecule has 0 saturated heterocycles. The van der Waals surface area contributed by atoms with Crippen LogP contribution in [-0.4, -0.2) is 17.1 Å². The number of carbonyl (C=O) groups excluding carboxylic acids is 1. The highest BCUT2D eigenvalue weighted by atomic mass is 19.1. The molecule has 0 aliphatic carbocycles. The quantitative estimate of drug-likeness (QED) is 0.726. The molecule has 0 N–H and O–H groups in total. The summed E-state index contributed by atoms with van der Waals surface area (Å²) < 4.78 is 18.3. The molecular formula is C20H17FN2O2. The van der Waals surface area contributed by atoms with Crippen molar-refractivity contribution in [1.29, 1.82) is 0 Å². The van der Waals surface area contributed by atoms with Gasteiger partial charge in [0.05, 0.1) is 12.1 Å². The van der Waals surface area contributed by atoms with Gasteiger partial charge < -0.3 is 9.42 Å². The van der Waals surface area contributed by atoms with Gasteiger partial charge in [0.25, 0.3) is 0 Å². The summed E-state index contributed by atoms with van der Waals surface area (Å²) in [5.74, 6) is 0.217. The summed E-state index contributed by atoms with van der Waals surface area (Å²) >= 11 is 0. The molecule has 1 aromatic heterocycles. The molecule has 126 valence electrons. The summed E-state index contributed by atoms with van der Waals surface area (Å²) in [7, 11) is 0. The van der Waals surface area contributed by atoms with Crippen molar-refractivity contribution >= 4 is 11.6 Å². The van der Waals surface area contributed by atoms with Gasteiger partial charge >= 0.3 is 0 Å². The smallest absolute Gasteiger partial charge is 0.233 e. The molecule has 0 spiro atoms. The van der Waals surface area contributed by atoms with E-state index in [4.69, 9.17) is 4.52 Å². The van der Waals surface area contributed by atoms with Gasteiger partial charge in [0.15, 0.2) is 5.76 Å². The Morgan fingerprint density at radius 2 is 2.00 bits per heavy atom. The standard InChI is InChI=1S/C20H17FN2O2/c1-13-10-15-4-2-3-5-18(15)23(13)20(24)12-17-11-19(25-22-17)14-6-8-16(21)9-7-14/h2-9,11,13H,10,12H2,1H3/t13-/m0/s1. The van der Waals surface area contributed by atoms with Crippen LogP contribution in [0.5, 0.6) is 0 Å². The molecule has 0 radical (unpaired) electrons. The fourth-order valence-corrected chi connectivity index (χ4v) is 3.33. The first-order valence-electron chi connectivity index (χ1n) is 8.23. The molecule has 1 aliphatic rings. The van der Waals surface area contributed by atoms with E-state index >= 15 is 0 Å². The number of amides is 1. The minimum atomic E-state index is -0.305. The summed E-state index contributed by atoms with van der Waals surface area (Å²) in [6.07, 6.45) is 1.03. The summed E-state index contributed by atoms with van der Waals surface area (Å²) in [5, 5.41) is 3.99. The molecule has 0 fully saturated rings. The molecule has 1 atom stereocenters. The Kier molecular flexibility index (Phi) is 3.84. The van der Waals surface area contributed by atoms with Crippen LogP contribution in [0.25, 0.3) is 11.3 Å². The van der Waals surface area contributed by atoms with Crippen LogP contribution in [0.2, 0.25) is 0 Å². The lowest BCUT2D eigenvalue weighted by atomic mass is 10.1. The third kappa shape index (κ3) is 2.93. The van der Waals surface area contributed by atoms with E-state index in [1.54, 1.807) is 18.2 Å². The lowest BCUT2D eigenvalue weighted by Gasteiger charge is -2.22. The molecule has 1 amide bonds. The summed E-state index contributed by atoms with van der Waals surface area (Å²) in [4.78, 5) is 14.6. The zero-order chi connectivity index (χ0) is 17.4. The zero-order valence-corrected chi connectivity index (χ0v) is 13.8. The van der Waals surface area contributed by atoms with Gasteiger partial charge in [-0.2, -0.15) is 0 Å². The average Bonchev–Trinajstić information content (AvgIpc) is 3.18. The summed E-state index contributed by atoms with van der Waals surface area (Å²) in [6, 6.07) is 15.8. The lowest BCUT2D eigenvalue weighted by Crippen LogP contribution is -2.36. The monoisotopic (exact) mass is 336 g/mol. The number of hydrogen-bond acceptors (Lipinski definition) is 3. The van der Waals surface area contributed by atoms with Gasteiger partial charge in [-0.05, 0) is 49.2 Å². The molecule has 1 aliphatic heterocycles. The third-order valence-corrected chi connectivity index (χ3v) is 4.50. The molecule has 4 nitrogen and oxygen atoms in total. The fourth-order valence-electron chi connectivity index (χ4n) is 3.33. The zero-order valence-electron chi connectivity index (χ0n) is 13.8. The topological polar surface area (TPSA) is 46.3 Å². The Morgan fingerprint density at radius 3 is 2.80 bits per heavy atom. The minimum absolute atomic E-state index is 0.00333. The third-order valence-electron chi connectivity index (χ3n) is 4.50. The van der Waals surface area contributed by atoms with Crippen molar-refractivity contribution in [2.45, 2.75) is 25.8 Å². The van der Waals surface area contributed by atoms with E-state index < -0.39 is 0 Å². The molecule has 2 aromatic carbocycles. The lowest BCUT2D eigenvalue weighted by molar-refractivity contribution is -0.118. The van der Waals surface area contributed by atoms with E-state index in [0.29, 0.717) is 11.5 Å². The van der Waals surface area contributed by atoms with Crippen LogP contribution in [-0.2, 0) is 17.6 Å². The number of rotatable bonds is 3. The number of anilines is 1. The number of nitrogens with zero attached hydrogens (tertiary/aromatic N) is 2. The number of fused-ring (bicyclic) bond motifs is 1. The molecule has 4 rings (SSSR count). The molecule has 2 heterocycles. The van der Waals surface area contributed by atoms with Gasteiger partial charge in [0, 0.05) is 23.4 Å². The summed E-state index contributed by atoms with van der Waals surface area (Å²) in [5.41, 5.74) is 3.46. The Balaban J connectivity index is 1.53. The molecule has 0 unspecified atom stereocenters. The molecule has 0 bridgehead atoms. The van der Waals surface area contributed by atoms with Gasteiger partial charge in [-0.25, -0.2) is 4.39 Å². The first kappa shape index (κ1) is 15.6. The predicted octanol–water partition coefficient (Wildman–Crippen LogP) is 4.00. The van der Waals surface area contributed by atoms with Crippen LogP contribution < -0.4 is 4.90 Å². The van der Waals surface area contributed by atoms with E-state index in [1.807, 2.05) is 30.0 Å². The SMILES string of the molecule is C[C@H]1Cc2ccccc2N1C(=O)Cc1cc(-c2ccc(F)cc2)on1. The largest absolute Gasteiger partial charge is 0.356 e. The van der Waals surface area contributed by atoms with Crippen LogP contribution >= 0.6 is 0 Å². The van der Waals surface area contributed by atoms with Gasteiger partial charge in [-0.1, -0.05) is 23.4 Å². The maximum absolute atomic E-state index is 13.0. The number of hydrogen-bond donors (Lipinski definition) is 0. The highest BCUT2D eigenvalue weighted by molar-refractivity contribution is 5.97. The van der Waals surface area contributed by atoms with Crippen molar-refractivity contribution in [2.75, 3.05) is 4.90 Å². The highest BCUT2D eigenvalue weighted by Gasteiger charge is 2.30.